The van der Waals surface area contributed by atoms with Crippen LogP contribution in [0.1, 0.15) is 31.9 Å². The molecule has 2 aromatic rings. The van der Waals surface area contributed by atoms with Crippen LogP contribution in [0.25, 0.3) is 5.82 Å². The fourth-order valence-electron chi connectivity index (χ4n) is 1.34. The first-order valence-corrected chi connectivity index (χ1v) is 5.11. The summed E-state index contributed by atoms with van der Waals surface area (Å²) in [7, 11) is 0. The van der Waals surface area contributed by atoms with Gasteiger partial charge in [0.25, 0.3) is 0 Å². The lowest BCUT2D eigenvalue weighted by Crippen LogP contribution is -2.02. The van der Waals surface area contributed by atoms with Gasteiger partial charge >= 0.3 is 0 Å². The number of imidazole rings is 1. The lowest BCUT2D eigenvalue weighted by Gasteiger charge is -2.08. The van der Waals surface area contributed by atoms with Gasteiger partial charge in [0.15, 0.2) is 5.82 Å². The van der Waals surface area contributed by atoms with Crippen molar-refractivity contribution in [1.82, 2.24) is 19.5 Å². The van der Waals surface area contributed by atoms with Gasteiger partial charge in [-0.1, -0.05) is 13.8 Å². The lowest BCUT2D eigenvalue weighted by molar-refractivity contribution is 0.697. The van der Waals surface area contributed by atoms with Crippen molar-refractivity contribution in [3.63, 3.8) is 0 Å². The summed E-state index contributed by atoms with van der Waals surface area (Å²) in [5, 5.41) is 0. The van der Waals surface area contributed by atoms with Gasteiger partial charge in [0.1, 0.15) is 6.33 Å². The fraction of sp³-hybridized carbons (Fsp3) is 0.364. The van der Waals surface area contributed by atoms with Gasteiger partial charge in [0.05, 0.1) is 11.9 Å². The molecule has 2 rings (SSSR count). The standard InChI is InChI=1S/C11H14N4/c1-3-9(2)10-6-13-7-11(14-10)15-5-4-12-8-15/h4-9H,3H2,1-2H3. The molecule has 0 fully saturated rings. The van der Waals surface area contributed by atoms with Crippen molar-refractivity contribution < 1.29 is 0 Å². The van der Waals surface area contributed by atoms with E-state index in [1.807, 2.05) is 17.0 Å². The maximum atomic E-state index is 4.55. The van der Waals surface area contributed by atoms with Gasteiger partial charge in [-0.15, -0.1) is 0 Å². The van der Waals surface area contributed by atoms with E-state index in [0.717, 1.165) is 17.9 Å². The molecule has 0 N–H and O–H groups in total. The van der Waals surface area contributed by atoms with Gasteiger partial charge < -0.3 is 0 Å². The Bertz CT molecular complexity index is 422. The molecular formula is C11H14N4. The molecule has 0 amide bonds. The van der Waals surface area contributed by atoms with E-state index in [9.17, 15) is 0 Å². The van der Waals surface area contributed by atoms with E-state index in [-0.39, 0.29) is 0 Å². The fourth-order valence-corrected chi connectivity index (χ4v) is 1.34. The summed E-state index contributed by atoms with van der Waals surface area (Å²) in [5.41, 5.74) is 1.03. The van der Waals surface area contributed by atoms with Crippen LogP contribution in [0.5, 0.6) is 0 Å². The molecular weight excluding hydrogens is 188 g/mol. The highest BCUT2D eigenvalue weighted by atomic mass is 15.1. The quantitative estimate of drug-likeness (QED) is 0.766. The zero-order valence-corrected chi connectivity index (χ0v) is 8.96. The Labute approximate surface area is 89.0 Å². The highest BCUT2D eigenvalue weighted by Gasteiger charge is 2.06. The van der Waals surface area contributed by atoms with E-state index in [0.29, 0.717) is 5.92 Å². The van der Waals surface area contributed by atoms with Crippen molar-refractivity contribution in [2.24, 2.45) is 0 Å². The summed E-state index contributed by atoms with van der Waals surface area (Å²) in [4.78, 5) is 12.7. The van der Waals surface area contributed by atoms with Crippen molar-refractivity contribution in [3.05, 3.63) is 36.8 Å². The number of hydrogen-bond acceptors (Lipinski definition) is 3. The zero-order valence-electron chi connectivity index (χ0n) is 8.96. The van der Waals surface area contributed by atoms with E-state index in [4.69, 9.17) is 0 Å². The molecule has 4 nitrogen and oxygen atoms in total. The molecule has 15 heavy (non-hydrogen) atoms. The van der Waals surface area contributed by atoms with E-state index in [1.165, 1.54) is 0 Å². The molecule has 0 bridgehead atoms. The van der Waals surface area contributed by atoms with Gasteiger partial charge in [-0.2, -0.15) is 0 Å². The molecule has 0 aliphatic carbocycles. The van der Waals surface area contributed by atoms with Crippen LogP contribution < -0.4 is 0 Å². The predicted molar refractivity (Wildman–Crippen MR) is 57.9 cm³/mol. The van der Waals surface area contributed by atoms with E-state index >= 15 is 0 Å². The second-order valence-electron chi connectivity index (χ2n) is 3.58. The van der Waals surface area contributed by atoms with Gasteiger partial charge in [-0.05, 0) is 12.3 Å². The highest BCUT2D eigenvalue weighted by molar-refractivity contribution is 5.20. The molecule has 1 atom stereocenters. The molecule has 0 aromatic carbocycles. The first kappa shape index (κ1) is 9.83. The second-order valence-corrected chi connectivity index (χ2v) is 3.58. The SMILES string of the molecule is CCC(C)c1cncc(-n2ccnc2)n1. The summed E-state index contributed by atoms with van der Waals surface area (Å²) in [6, 6.07) is 0. The molecule has 2 aromatic heterocycles. The topological polar surface area (TPSA) is 43.6 Å². The van der Waals surface area contributed by atoms with Gasteiger partial charge in [-0.25, -0.2) is 9.97 Å². The maximum Gasteiger partial charge on any atom is 0.156 e. The van der Waals surface area contributed by atoms with Crippen molar-refractivity contribution in [2.75, 3.05) is 0 Å². The second kappa shape index (κ2) is 4.21. The largest absolute Gasteiger partial charge is 0.289 e. The Balaban J connectivity index is 2.35. The normalized spacial score (nSPS) is 12.7. The minimum atomic E-state index is 0.445. The molecule has 0 aliphatic rings. The van der Waals surface area contributed by atoms with Crippen molar-refractivity contribution in [3.8, 4) is 5.82 Å². The van der Waals surface area contributed by atoms with Crippen LogP contribution in [-0.4, -0.2) is 19.5 Å². The Morgan fingerprint density at radius 2 is 2.20 bits per heavy atom. The Morgan fingerprint density at radius 1 is 1.33 bits per heavy atom. The Morgan fingerprint density at radius 3 is 2.87 bits per heavy atom. The van der Waals surface area contributed by atoms with Gasteiger partial charge in [0.2, 0.25) is 0 Å². The monoisotopic (exact) mass is 202 g/mol. The minimum absolute atomic E-state index is 0.445. The van der Waals surface area contributed by atoms with Crippen molar-refractivity contribution in [2.45, 2.75) is 26.2 Å². The van der Waals surface area contributed by atoms with Crippen LogP contribution >= 0.6 is 0 Å². The number of hydrogen-bond donors (Lipinski definition) is 0. The molecule has 2 heterocycles. The minimum Gasteiger partial charge on any atom is -0.289 e. The zero-order chi connectivity index (χ0) is 10.7. The molecule has 78 valence electrons. The third-order valence-corrected chi connectivity index (χ3v) is 2.53. The Hall–Kier alpha value is -1.71. The highest BCUT2D eigenvalue weighted by Crippen LogP contribution is 2.16. The average Bonchev–Trinajstić information content (AvgIpc) is 2.82. The van der Waals surface area contributed by atoms with Crippen molar-refractivity contribution in [1.29, 1.82) is 0 Å². The first-order chi connectivity index (χ1) is 7.31. The number of aromatic nitrogens is 4. The molecule has 1 unspecified atom stereocenters. The summed E-state index contributed by atoms with van der Waals surface area (Å²) >= 11 is 0. The summed E-state index contributed by atoms with van der Waals surface area (Å²) in [5.74, 6) is 1.27. The average molecular weight is 202 g/mol. The van der Waals surface area contributed by atoms with E-state index < -0.39 is 0 Å². The van der Waals surface area contributed by atoms with Crippen LogP contribution in [-0.2, 0) is 0 Å². The van der Waals surface area contributed by atoms with E-state index in [2.05, 4.69) is 28.8 Å². The van der Waals surface area contributed by atoms with Crippen LogP contribution in [0.3, 0.4) is 0 Å². The summed E-state index contributed by atoms with van der Waals surface area (Å²) in [6.07, 6.45) is 9.97. The summed E-state index contributed by atoms with van der Waals surface area (Å²) < 4.78 is 1.86. The van der Waals surface area contributed by atoms with E-state index in [1.54, 1.807) is 18.7 Å². The van der Waals surface area contributed by atoms with Crippen LogP contribution in [0, 0.1) is 0 Å². The van der Waals surface area contributed by atoms with Gasteiger partial charge in [-0.3, -0.25) is 9.55 Å². The molecule has 0 spiro atoms. The molecule has 0 aliphatic heterocycles. The molecule has 0 saturated heterocycles. The smallest absolute Gasteiger partial charge is 0.156 e. The molecule has 0 saturated carbocycles. The lowest BCUT2D eigenvalue weighted by atomic mass is 10.1. The number of nitrogens with zero attached hydrogens (tertiary/aromatic N) is 4. The van der Waals surface area contributed by atoms with Crippen LogP contribution in [0.2, 0.25) is 0 Å². The number of rotatable bonds is 3. The summed E-state index contributed by atoms with van der Waals surface area (Å²) in [6.45, 7) is 4.30. The third kappa shape index (κ3) is 2.03. The van der Waals surface area contributed by atoms with Crippen molar-refractivity contribution >= 4 is 0 Å². The third-order valence-electron chi connectivity index (χ3n) is 2.53. The van der Waals surface area contributed by atoms with Crippen LogP contribution in [0.15, 0.2) is 31.1 Å². The predicted octanol–water partition coefficient (Wildman–Crippen LogP) is 2.18. The van der Waals surface area contributed by atoms with Gasteiger partial charge in [0, 0.05) is 18.6 Å². The molecule has 0 radical (unpaired) electrons. The maximum absolute atomic E-state index is 4.55. The first-order valence-electron chi connectivity index (χ1n) is 5.11. The molecule has 4 heteroatoms. The van der Waals surface area contributed by atoms with Crippen LogP contribution in [0.4, 0.5) is 0 Å². The Kier molecular flexibility index (Phi) is 2.76.